The largest absolute Gasteiger partial charge is 0.497 e. The zero-order chi connectivity index (χ0) is 13.1. The van der Waals surface area contributed by atoms with E-state index in [0.29, 0.717) is 6.42 Å². The van der Waals surface area contributed by atoms with Crippen molar-refractivity contribution in [2.45, 2.75) is 12.5 Å². The van der Waals surface area contributed by atoms with Gasteiger partial charge in [0.25, 0.3) is 0 Å². The zero-order valence-electron chi connectivity index (χ0n) is 9.69. The fourth-order valence-electron chi connectivity index (χ4n) is 1.68. The molecule has 96 valence electrons. The molecule has 1 aromatic carbocycles. The lowest BCUT2D eigenvalue weighted by molar-refractivity contribution is 0.178. The predicted molar refractivity (Wildman–Crippen MR) is 81.4 cm³/mol. The van der Waals surface area contributed by atoms with Crippen molar-refractivity contribution in [3.8, 4) is 5.75 Å². The second kappa shape index (κ2) is 6.19. The Kier molecular flexibility index (Phi) is 4.84. The van der Waals surface area contributed by atoms with Gasteiger partial charge in [0.15, 0.2) is 0 Å². The average Bonchev–Trinajstić information content (AvgIpc) is 2.69. The summed E-state index contributed by atoms with van der Waals surface area (Å²) in [6.45, 7) is 0. The maximum atomic E-state index is 10.2. The molecule has 1 N–H and O–H groups in total. The number of halogens is 2. The van der Waals surface area contributed by atoms with Gasteiger partial charge in [0.2, 0.25) is 0 Å². The molecule has 1 heterocycles. The maximum absolute atomic E-state index is 10.2. The van der Waals surface area contributed by atoms with Gasteiger partial charge in [0, 0.05) is 12.0 Å². The van der Waals surface area contributed by atoms with E-state index >= 15 is 0 Å². The monoisotopic (exact) mass is 390 g/mol. The predicted octanol–water partition coefficient (Wildman–Crippen LogP) is 4.56. The molecule has 0 spiro atoms. The smallest absolute Gasteiger partial charge is 0.118 e. The van der Waals surface area contributed by atoms with Gasteiger partial charge in [0.05, 0.1) is 20.8 Å². The Morgan fingerprint density at radius 1 is 1.28 bits per heavy atom. The fourth-order valence-corrected chi connectivity index (χ4v) is 4.63. The van der Waals surface area contributed by atoms with Crippen LogP contribution in [0.2, 0.25) is 0 Å². The summed E-state index contributed by atoms with van der Waals surface area (Å²) in [6, 6.07) is 9.69. The van der Waals surface area contributed by atoms with E-state index in [1.165, 1.54) is 0 Å². The van der Waals surface area contributed by atoms with E-state index in [-0.39, 0.29) is 0 Å². The number of thiophene rings is 1. The highest BCUT2D eigenvalue weighted by Gasteiger charge is 2.15. The molecule has 18 heavy (non-hydrogen) atoms. The van der Waals surface area contributed by atoms with Gasteiger partial charge in [-0.2, -0.15) is 0 Å². The first kappa shape index (κ1) is 14.1. The molecule has 2 nitrogen and oxygen atoms in total. The van der Waals surface area contributed by atoms with Gasteiger partial charge in [-0.25, -0.2) is 0 Å². The van der Waals surface area contributed by atoms with Gasteiger partial charge in [-0.05, 0) is 55.6 Å². The number of rotatable bonds is 4. The van der Waals surface area contributed by atoms with Gasteiger partial charge >= 0.3 is 0 Å². The lowest BCUT2D eigenvalue weighted by atomic mass is 10.0. The van der Waals surface area contributed by atoms with Crippen molar-refractivity contribution in [3.63, 3.8) is 0 Å². The summed E-state index contributed by atoms with van der Waals surface area (Å²) in [4.78, 5) is 0. The molecule has 1 atom stereocenters. The third-order valence-corrected chi connectivity index (χ3v) is 5.02. The molecule has 5 heteroatoms. The molecule has 0 aliphatic carbocycles. The molecule has 0 saturated heterocycles. The van der Waals surface area contributed by atoms with Crippen molar-refractivity contribution in [1.29, 1.82) is 0 Å². The van der Waals surface area contributed by atoms with E-state index in [9.17, 15) is 5.11 Å². The number of aliphatic hydroxyl groups excluding tert-OH is 1. The average molecular weight is 392 g/mol. The highest BCUT2D eigenvalue weighted by atomic mass is 79.9. The molecule has 0 aliphatic rings. The van der Waals surface area contributed by atoms with E-state index in [0.717, 1.165) is 24.4 Å². The number of benzene rings is 1. The molecule has 0 aliphatic heterocycles. The third kappa shape index (κ3) is 3.35. The first-order valence-electron chi connectivity index (χ1n) is 5.36. The summed E-state index contributed by atoms with van der Waals surface area (Å²) >= 11 is 8.45. The second-order valence-electron chi connectivity index (χ2n) is 3.85. The molecule has 2 aromatic rings. The van der Waals surface area contributed by atoms with Crippen LogP contribution in [-0.2, 0) is 6.42 Å². The molecular formula is C13H12Br2O2S. The van der Waals surface area contributed by atoms with Crippen LogP contribution in [0.5, 0.6) is 5.75 Å². The molecular weight excluding hydrogens is 380 g/mol. The normalized spacial score (nSPS) is 12.4. The minimum atomic E-state index is -0.504. The summed E-state index contributed by atoms with van der Waals surface area (Å²) in [5.74, 6) is 0.827. The number of ether oxygens (including phenoxy) is 1. The molecule has 0 radical (unpaired) electrons. The fraction of sp³-hybridized carbons (Fsp3) is 0.231. The molecule has 1 unspecified atom stereocenters. The highest BCUT2D eigenvalue weighted by molar-refractivity contribution is 9.12. The number of hydrogen-bond donors (Lipinski definition) is 1. The quantitative estimate of drug-likeness (QED) is 0.827. The summed E-state index contributed by atoms with van der Waals surface area (Å²) in [5, 5.41) is 10.2. The van der Waals surface area contributed by atoms with Crippen LogP contribution in [0.15, 0.2) is 37.9 Å². The SMILES string of the molecule is COc1ccc(CC(O)c2cc(Br)sc2Br)cc1. The Hall–Kier alpha value is -0.360. The van der Waals surface area contributed by atoms with Gasteiger partial charge in [-0.15, -0.1) is 11.3 Å². The molecule has 0 amide bonds. The first-order chi connectivity index (χ1) is 8.60. The van der Waals surface area contributed by atoms with E-state index < -0.39 is 6.10 Å². The first-order valence-corrected chi connectivity index (χ1v) is 7.76. The summed E-state index contributed by atoms with van der Waals surface area (Å²) < 4.78 is 7.09. The Morgan fingerprint density at radius 3 is 2.44 bits per heavy atom. The molecule has 0 bridgehead atoms. The molecule has 0 saturated carbocycles. The van der Waals surface area contributed by atoms with Crippen LogP contribution in [0.3, 0.4) is 0 Å². The van der Waals surface area contributed by atoms with Gasteiger partial charge in [-0.3, -0.25) is 0 Å². The van der Waals surface area contributed by atoms with Gasteiger partial charge in [0.1, 0.15) is 5.75 Å². The number of hydrogen-bond acceptors (Lipinski definition) is 3. The minimum Gasteiger partial charge on any atom is -0.497 e. The van der Waals surface area contributed by atoms with Crippen LogP contribution >= 0.6 is 43.2 Å². The lowest BCUT2D eigenvalue weighted by Crippen LogP contribution is -2.01. The lowest BCUT2D eigenvalue weighted by Gasteiger charge is -2.10. The standard InChI is InChI=1S/C13H12Br2O2S/c1-17-9-4-2-8(3-5-9)6-11(16)10-7-12(14)18-13(10)15/h2-5,7,11,16H,6H2,1H3. The van der Waals surface area contributed by atoms with Crippen molar-refractivity contribution < 1.29 is 9.84 Å². The van der Waals surface area contributed by atoms with Crippen molar-refractivity contribution in [3.05, 3.63) is 49.0 Å². The zero-order valence-corrected chi connectivity index (χ0v) is 13.7. The van der Waals surface area contributed by atoms with Crippen molar-refractivity contribution in [2.75, 3.05) is 7.11 Å². The minimum absolute atomic E-state index is 0.504. The Morgan fingerprint density at radius 2 is 1.94 bits per heavy atom. The number of aliphatic hydroxyl groups is 1. The van der Waals surface area contributed by atoms with Crippen LogP contribution in [0.4, 0.5) is 0 Å². The molecule has 1 aromatic heterocycles. The van der Waals surface area contributed by atoms with Crippen LogP contribution < -0.4 is 4.74 Å². The van der Waals surface area contributed by atoms with E-state index in [4.69, 9.17) is 4.74 Å². The van der Waals surface area contributed by atoms with Crippen LogP contribution in [0.25, 0.3) is 0 Å². The Bertz CT molecular complexity index is 522. The van der Waals surface area contributed by atoms with Crippen LogP contribution in [0.1, 0.15) is 17.2 Å². The van der Waals surface area contributed by atoms with Crippen molar-refractivity contribution in [1.82, 2.24) is 0 Å². The summed E-state index contributed by atoms with van der Waals surface area (Å²) in [5.41, 5.74) is 2.00. The van der Waals surface area contributed by atoms with Gasteiger partial charge < -0.3 is 9.84 Å². The number of methoxy groups -OCH3 is 1. The molecule has 2 rings (SSSR count). The van der Waals surface area contributed by atoms with Crippen molar-refractivity contribution >= 4 is 43.2 Å². The third-order valence-electron chi connectivity index (χ3n) is 2.63. The van der Waals surface area contributed by atoms with Gasteiger partial charge in [-0.1, -0.05) is 12.1 Å². The van der Waals surface area contributed by atoms with E-state index in [1.807, 2.05) is 30.3 Å². The maximum Gasteiger partial charge on any atom is 0.118 e. The van der Waals surface area contributed by atoms with Crippen LogP contribution in [-0.4, -0.2) is 12.2 Å². The second-order valence-corrected chi connectivity index (χ2v) is 7.60. The van der Waals surface area contributed by atoms with E-state index in [1.54, 1.807) is 18.4 Å². The van der Waals surface area contributed by atoms with E-state index in [2.05, 4.69) is 31.9 Å². The summed E-state index contributed by atoms with van der Waals surface area (Å²) in [6.07, 6.45) is 0.0847. The Labute approximate surface area is 127 Å². The summed E-state index contributed by atoms with van der Waals surface area (Å²) in [7, 11) is 1.64. The van der Waals surface area contributed by atoms with Crippen LogP contribution in [0, 0.1) is 0 Å². The Balaban J connectivity index is 2.10. The van der Waals surface area contributed by atoms with Crippen molar-refractivity contribution in [2.24, 2.45) is 0 Å². The topological polar surface area (TPSA) is 29.5 Å². The molecule has 0 fully saturated rings. The highest BCUT2D eigenvalue weighted by Crippen LogP contribution is 2.36.